The van der Waals surface area contributed by atoms with E-state index in [1.54, 1.807) is 32.1 Å². The number of imidazole rings is 1. The van der Waals surface area contributed by atoms with Gasteiger partial charge in [0.25, 0.3) is 0 Å². The van der Waals surface area contributed by atoms with Gasteiger partial charge in [0, 0.05) is 12.5 Å². The Balaban J connectivity index is 1.81. The van der Waals surface area contributed by atoms with Gasteiger partial charge < -0.3 is 9.15 Å². The SMILES string of the molecule is COc1ccc2c(c1)-n1nncc1Cc1c(-c3ncco3)ncn1-2. The van der Waals surface area contributed by atoms with Gasteiger partial charge in [0.15, 0.2) is 0 Å². The van der Waals surface area contributed by atoms with E-state index in [0.717, 1.165) is 34.2 Å². The maximum Gasteiger partial charge on any atom is 0.246 e. The quantitative estimate of drug-likeness (QED) is 0.495. The maximum absolute atomic E-state index is 5.43. The molecule has 0 unspecified atom stereocenters. The molecule has 24 heavy (non-hydrogen) atoms. The Kier molecular flexibility index (Phi) is 2.60. The number of fused-ring (bicyclic) bond motifs is 5. The molecule has 0 N–H and O–H groups in total. The third-order valence-corrected chi connectivity index (χ3v) is 4.14. The molecule has 4 aromatic rings. The molecule has 0 spiro atoms. The average molecular weight is 320 g/mol. The van der Waals surface area contributed by atoms with E-state index in [0.29, 0.717) is 12.3 Å². The largest absolute Gasteiger partial charge is 0.497 e. The molecule has 4 heterocycles. The van der Waals surface area contributed by atoms with Crippen LogP contribution in [-0.4, -0.2) is 36.6 Å². The molecule has 118 valence electrons. The highest BCUT2D eigenvalue weighted by Gasteiger charge is 2.25. The maximum atomic E-state index is 5.43. The monoisotopic (exact) mass is 320 g/mol. The van der Waals surface area contributed by atoms with E-state index in [1.165, 1.54) is 0 Å². The van der Waals surface area contributed by atoms with Crippen molar-refractivity contribution < 1.29 is 9.15 Å². The fraction of sp³-hybridized carbons (Fsp3) is 0.125. The van der Waals surface area contributed by atoms with E-state index in [1.807, 2.05) is 27.4 Å². The summed E-state index contributed by atoms with van der Waals surface area (Å²) in [6, 6.07) is 5.83. The van der Waals surface area contributed by atoms with E-state index in [2.05, 4.69) is 20.3 Å². The molecule has 0 amide bonds. The van der Waals surface area contributed by atoms with Crippen molar-refractivity contribution >= 4 is 0 Å². The van der Waals surface area contributed by atoms with Crippen LogP contribution in [0.5, 0.6) is 5.75 Å². The van der Waals surface area contributed by atoms with E-state index in [9.17, 15) is 0 Å². The van der Waals surface area contributed by atoms with Crippen LogP contribution < -0.4 is 4.74 Å². The standard InChI is InChI=1S/C16H12N6O2/c1-23-11-2-3-12-13(7-11)22-10(8-19-20-22)6-14-15(18-9-21(12)14)16-17-4-5-24-16/h2-5,7-9H,6H2,1H3. The summed E-state index contributed by atoms with van der Waals surface area (Å²) in [5.41, 5.74) is 4.48. The molecular formula is C16H12N6O2. The van der Waals surface area contributed by atoms with Gasteiger partial charge in [0.05, 0.1) is 42.3 Å². The first-order chi connectivity index (χ1) is 11.8. The normalized spacial score (nSPS) is 12.2. The van der Waals surface area contributed by atoms with Gasteiger partial charge in [-0.15, -0.1) is 5.10 Å². The second kappa shape index (κ2) is 4.79. The van der Waals surface area contributed by atoms with Gasteiger partial charge in [-0.1, -0.05) is 5.21 Å². The predicted molar refractivity (Wildman–Crippen MR) is 83.3 cm³/mol. The van der Waals surface area contributed by atoms with Crippen molar-refractivity contribution in [3.05, 3.63) is 54.6 Å². The lowest BCUT2D eigenvalue weighted by atomic mass is 10.2. The summed E-state index contributed by atoms with van der Waals surface area (Å²) < 4.78 is 14.6. The number of hydrogen-bond donors (Lipinski definition) is 0. The number of rotatable bonds is 2. The van der Waals surface area contributed by atoms with Crippen molar-refractivity contribution in [2.75, 3.05) is 7.11 Å². The Bertz CT molecular complexity index is 1030. The molecule has 0 fully saturated rings. The minimum Gasteiger partial charge on any atom is -0.497 e. The van der Waals surface area contributed by atoms with Crippen LogP contribution in [0.4, 0.5) is 0 Å². The van der Waals surface area contributed by atoms with Crippen molar-refractivity contribution in [3.63, 3.8) is 0 Å². The third-order valence-electron chi connectivity index (χ3n) is 4.14. The number of aromatic nitrogens is 6. The van der Waals surface area contributed by atoms with E-state index in [4.69, 9.17) is 9.15 Å². The van der Waals surface area contributed by atoms with Crippen molar-refractivity contribution in [2.24, 2.45) is 0 Å². The topological polar surface area (TPSA) is 83.8 Å². The van der Waals surface area contributed by atoms with Gasteiger partial charge in [0.1, 0.15) is 24.0 Å². The predicted octanol–water partition coefficient (Wildman–Crippen LogP) is 2.02. The van der Waals surface area contributed by atoms with E-state index >= 15 is 0 Å². The van der Waals surface area contributed by atoms with E-state index < -0.39 is 0 Å². The van der Waals surface area contributed by atoms with Crippen LogP contribution >= 0.6 is 0 Å². The molecule has 8 heteroatoms. The molecular weight excluding hydrogens is 308 g/mol. The molecule has 3 aromatic heterocycles. The highest BCUT2D eigenvalue weighted by molar-refractivity contribution is 5.62. The molecule has 5 rings (SSSR count). The van der Waals surface area contributed by atoms with Crippen LogP contribution in [0, 0.1) is 0 Å². The Labute approximate surface area is 136 Å². The smallest absolute Gasteiger partial charge is 0.246 e. The highest BCUT2D eigenvalue weighted by atomic mass is 16.5. The Hall–Kier alpha value is -3.42. The number of ether oxygens (including phenoxy) is 1. The van der Waals surface area contributed by atoms with Crippen LogP contribution in [-0.2, 0) is 6.42 Å². The Morgan fingerprint density at radius 2 is 2.17 bits per heavy atom. The lowest BCUT2D eigenvalue weighted by molar-refractivity contribution is 0.414. The minimum atomic E-state index is 0.500. The molecule has 0 radical (unpaired) electrons. The zero-order valence-electron chi connectivity index (χ0n) is 12.7. The van der Waals surface area contributed by atoms with Crippen molar-refractivity contribution in [1.29, 1.82) is 0 Å². The second-order valence-corrected chi connectivity index (χ2v) is 5.42. The summed E-state index contributed by atoms with van der Waals surface area (Å²) in [6.45, 7) is 0. The number of nitrogens with zero attached hydrogens (tertiary/aromatic N) is 6. The van der Waals surface area contributed by atoms with Gasteiger partial charge >= 0.3 is 0 Å². The van der Waals surface area contributed by atoms with Gasteiger partial charge in [-0.25, -0.2) is 14.6 Å². The van der Waals surface area contributed by atoms with Crippen LogP contribution in [0.3, 0.4) is 0 Å². The highest BCUT2D eigenvalue weighted by Crippen LogP contribution is 2.33. The molecule has 1 aliphatic heterocycles. The first-order valence-corrected chi connectivity index (χ1v) is 7.39. The van der Waals surface area contributed by atoms with Crippen molar-refractivity contribution in [1.82, 2.24) is 29.5 Å². The molecule has 1 aliphatic rings. The first-order valence-electron chi connectivity index (χ1n) is 7.39. The van der Waals surface area contributed by atoms with Gasteiger partial charge in [-0.2, -0.15) is 0 Å². The fourth-order valence-electron chi connectivity index (χ4n) is 3.02. The Morgan fingerprint density at radius 3 is 3.00 bits per heavy atom. The zero-order valence-corrected chi connectivity index (χ0v) is 12.7. The van der Waals surface area contributed by atoms with Crippen LogP contribution in [0.1, 0.15) is 11.4 Å². The molecule has 8 nitrogen and oxygen atoms in total. The lowest BCUT2D eigenvalue weighted by Gasteiger charge is -2.11. The molecule has 1 aromatic carbocycles. The molecule has 0 saturated heterocycles. The van der Waals surface area contributed by atoms with Crippen LogP contribution in [0.15, 0.2) is 47.6 Å². The summed E-state index contributed by atoms with van der Waals surface area (Å²) in [4.78, 5) is 8.73. The van der Waals surface area contributed by atoms with E-state index in [-0.39, 0.29) is 0 Å². The molecule has 0 saturated carbocycles. The summed E-state index contributed by atoms with van der Waals surface area (Å²) in [5, 5.41) is 8.28. The Morgan fingerprint density at radius 1 is 1.21 bits per heavy atom. The summed E-state index contributed by atoms with van der Waals surface area (Å²) in [7, 11) is 1.64. The molecule has 0 bridgehead atoms. The molecule has 0 aliphatic carbocycles. The number of hydrogen-bond acceptors (Lipinski definition) is 6. The number of oxazole rings is 1. The summed E-state index contributed by atoms with van der Waals surface area (Å²) in [5.74, 6) is 1.26. The van der Waals surface area contributed by atoms with Gasteiger partial charge in [0.2, 0.25) is 5.89 Å². The summed E-state index contributed by atoms with van der Waals surface area (Å²) in [6.07, 6.45) is 7.30. The van der Waals surface area contributed by atoms with Crippen LogP contribution in [0.2, 0.25) is 0 Å². The second-order valence-electron chi connectivity index (χ2n) is 5.42. The average Bonchev–Trinajstić information content (AvgIpc) is 3.34. The van der Waals surface area contributed by atoms with Gasteiger partial charge in [-0.3, -0.25) is 4.57 Å². The number of benzene rings is 1. The third kappa shape index (κ3) is 1.73. The van der Waals surface area contributed by atoms with Crippen molar-refractivity contribution in [2.45, 2.75) is 6.42 Å². The summed E-state index contributed by atoms with van der Waals surface area (Å²) >= 11 is 0. The first kappa shape index (κ1) is 13.1. The number of methoxy groups -OCH3 is 1. The molecule has 0 atom stereocenters. The zero-order chi connectivity index (χ0) is 16.1. The van der Waals surface area contributed by atoms with Gasteiger partial charge in [-0.05, 0) is 12.1 Å². The van der Waals surface area contributed by atoms with Crippen molar-refractivity contribution in [3.8, 4) is 28.7 Å². The fourth-order valence-corrected chi connectivity index (χ4v) is 3.02. The minimum absolute atomic E-state index is 0.500. The van der Waals surface area contributed by atoms with Crippen LogP contribution in [0.25, 0.3) is 23.0 Å². The lowest BCUT2D eigenvalue weighted by Crippen LogP contribution is -2.03.